The molecule has 1 aliphatic heterocycles. The zero-order valence-electron chi connectivity index (χ0n) is 18.1. The van der Waals surface area contributed by atoms with Crippen molar-refractivity contribution in [3.05, 3.63) is 59.7 Å². The van der Waals surface area contributed by atoms with E-state index in [0.717, 1.165) is 6.42 Å². The molecule has 2 bridgehead atoms. The molecule has 0 unspecified atom stereocenters. The Morgan fingerprint density at radius 3 is 2.53 bits per heavy atom. The van der Waals surface area contributed by atoms with Crippen LogP contribution in [0.1, 0.15) is 23.7 Å². The summed E-state index contributed by atoms with van der Waals surface area (Å²) in [5, 5.41) is 2.83. The topological polar surface area (TPSA) is 84.9 Å². The number of hydrogen-bond donors (Lipinski definition) is 1. The number of amides is 3. The average Bonchev–Trinajstić information content (AvgIpc) is 3.44. The average molecular weight is 432 g/mol. The Bertz CT molecular complexity index is 1170. The number of nitrogens with one attached hydrogen (secondary N) is 1. The van der Waals surface area contributed by atoms with Gasteiger partial charge in [-0.2, -0.15) is 0 Å². The molecule has 0 radical (unpaired) electrons. The van der Waals surface area contributed by atoms with Crippen molar-refractivity contribution in [1.82, 2.24) is 0 Å². The lowest BCUT2D eigenvalue weighted by Gasteiger charge is -2.21. The summed E-state index contributed by atoms with van der Waals surface area (Å²) in [6, 6.07) is 11.8. The standard InChI is InChI=1S/C25H24N2O5/c1-13-10-14-11-17(13)22-21(14)24(29)27(25(22)30)19-7-5-4-6-16(19)23(28)26-18-9-8-15(31-2)12-20(18)32-3/h4-10,12,14,17,21-22H,11H2,1-3H3,(H,26,28)/t14-,17+,21+,22-/m0/s1. The summed E-state index contributed by atoms with van der Waals surface area (Å²) in [4.78, 5) is 41.1. The second-order valence-electron chi connectivity index (χ2n) is 8.52. The van der Waals surface area contributed by atoms with Crippen molar-refractivity contribution >= 4 is 29.1 Å². The number of allylic oxidation sites excluding steroid dienone is 2. The van der Waals surface area contributed by atoms with Crippen LogP contribution < -0.4 is 19.7 Å². The molecule has 0 aromatic heterocycles. The molecule has 4 atom stereocenters. The Morgan fingerprint density at radius 2 is 1.78 bits per heavy atom. The molecule has 2 aromatic rings. The fourth-order valence-corrected chi connectivity index (χ4v) is 5.46. The van der Waals surface area contributed by atoms with Crippen molar-refractivity contribution < 1.29 is 23.9 Å². The minimum Gasteiger partial charge on any atom is -0.497 e. The number of rotatable bonds is 5. The van der Waals surface area contributed by atoms with Crippen LogP contribution in [-0.2, 0) is 9.59 Å². The number of nitrogens with zero attached hydrogens (tertiary/aromatic N) is 1. The highest BCUT2D eigenvalue weighted by Crippen LogP contribution is 2.56. The van der Waals surface area contributed by atoms with Crippen LogP contribution in [0.25, 0.3) is 0 Å². The van der Waals surface area contributed by atoms with E-state index in [-0.39, 0.29) is 41.0 Å². The number of para-hydroxylation sites is 1. The molecule has 2 fully saturated rings. The van der Waals surface area contributed by atoms with Gasteiger partial charge in [-0.15, -0.1) is 0 Å². The van der Waals surface area contributed by atoms with Crippen LogP contribution in [-0.4, -0.2) is 31.9 Å². The van der Waals surface area contributed by atoms with Crippen molar-refractivity contribution in [2.45, 2.75) is 13.3 Å². The van der Waals surface area contributed by atoms with E-state index in [9.17, 15) is 14.4 Å². The lowest BCUT2D eigenvalue weighted by atomic mass is 9.82. The molecule has 7 nitrogen and oxygen atoms in total. The van der Waals surface area contributed by atoms with Gasteiger partial charge in [0.2, 0.25) is 11.8 Å². The van der Waals surface area contributed by atoms with Gasteiger partial charge in [0.25, 0.3) is 5.91 Å². The van der Waals surface area contributed by atoms with Gasteiger partial charge in [-0.3, -0.25) is 14.4 Å². The summed E-state index contributed by atoms with van der Waals surface area (Å²) in [6.45, 7) is 2.03. The van der Waals surface area contributed by atoms with Crippen molar-refractivity contribution in [2.75, 3.05) is 24.4 Å². The lowest BCUT2D eigenvalue weighted by molar-refractivity contribution is -0.123. The molecule has 1 N–H and O–H groups in total. The zero-order valence-corrected chi connectivity index (χ0v) is 18.1. The summed E-state index contributed by atoms with van der Waals surface area (Å²) in [7, 11) is 3.05. The first kappa shape index (κ1) is 20.3. The van der Waals surface area contributed by atoms with Gasteiger partial charge in [0.05, 0.1) is 43.0 Å². The van der Waals surface area contributed by atoms with Crippen molar-refractivity contribution in [1.29, 1.82) is 0 Å². The number of benzene rings is 2. The van der Waals surface area contributed by atoms with E-state index in [1.54, 1.807) is 49.6 Å². The summed E-state index contributed by atoms with van der Waals surface area (Å²) < 4.78 is 10.6. The maximum absolute atomic E-state index is 13.3. The largest absolute Gasteiger partial charge is 0.497 e. The number of anilines is 2. The van der Waals surface area contributed by atoms with E-state index in [0.29, 0.717) is 22.9 Å². The molecule has 164 valence electrons. The number of ether oxygens (including phenoxy) is 2. The fraction of sp³-hybridized carbons (Fsp3) is 0.320. The molecule has 7 heteroatoms. The van der Waals surface area contributed by atoms with Gasteiger partial charge in [-0.05, 0) is 49.4 Å². The van der Waals surface area contributed by atoms with Crippen LogP contribution in [0.3, 0.4) is 0 Å². The fourth-order valence-electron chi connectivity index (χ4n) is 5.46. The third kappa shape index (κ3) is 2.92. The quantitative estimate of drug-likeness (QED) is 0.576. The van der Waals surface area contributed by atoms with Gasteiger partial charge in [0.1, 0.15) is 11.5 Å². The van der Waals surface area contributed by atoms with E-state index >= 15 is 0 Å². The monoisotopic (exact) mass is 432 g/mol. The third-order valence-corrected chi connectivity index (χ3v) is 6.93. The summed E-state index contributed by atoms with van der Waals surface area (Å²) in [6.07, 6.45) is 3.00. The number of carbonyl (C=O) groups excluding carboxylic acids is 3. The first-order chi connectivity index (χ1) is 15.4. The van der Waals surface area contributed by atoms with Crippen molar-refractivity contribution in [3.8, 4) is 11.5 Å². The molecule has 3 aliphatic rings. The normalized spacial score (nSPS) is 25.6. The Hall–Kier alpha value is -3.61. The predicted octanol–water partition coefficient (Wildman–Crippen LogP) is 3.66. The maximum atomic E-state index is 13.3. The van der Waals surface area contributed by atoms with Crippen molar-refractivity contribution in [2.24, 2.45) is 23.7 Å². The second-order valence-corrected chi connectivity index (χ2v) is 8.52. The van der Waals surface area contributed by atoms with Crippen LogP contribution in [0.5, 0.6) is 11.5 Å². The van der Waals surface area contributed by atoms with Crippen LogP contribution >= 0.6 is 0 Å². The Kier molecular flexibility index (Phi) is 4.77. The van der Waals surface area contributed by atoms with Crippen LogP contribution in [0.15, 0.2) is 54.1 Å². The van der Waals surface area contributed by atoms with Gasteiger partial charge in [-0.25, -0.2) is 4.90 Å². The number of hydrogen-bond acceptors (Lipinski definition) is 5. The molecule has 5 rings (SSSR count). The third-order valence-electron chi connectivity index (χ3n) is 6.93. The molecule has 1 saturated carbocycles. The SMILES string of the molecule is COc1ccc(NC(=O)c2ccccc2N2C(=O)[C@@H]3[C@H](C2=O)[C@H]2C=C(C)[C@H]3C2)c(OC)c1. The predicted molar refractivity (Wildman–Crippen MR) is 119 cm³/mol. The van der Waals surface area contributed by atoms with Crippen LogP contribution in [0.4, 0.5) is 11.4 Å². The van der Waals surface area contributed by atoms with Gasteiger partial charge in [-0.1, -0.05) is 23.8 Å². The molecule has 2 aromatic carbocycles. The Labute approximate surface area is 186 Å². The van der Waals surface area contributed by atoms with Gasteiger partial charge in [0, 0.05) is 6.07 Å². The number of imide groups is 1. The zero-order chi connectivity index (χ0) is 22.6. The van der Waals surface area contributed by atoms with Crippen molar-refractivity contribution in [3.63, 3.8) is 0 Å². The molecule has 32 heavy (non-hydrogen) atoms. The van der Waals surface area contributed by atoms with E-state index in [1.165, 1.54) is 17.6 Å². The maximum Gasteiger partial charge on any atom is 0.257 e. The minimum absolute atomic E-state index is 0.107. The number of methoxy groups -OCH3 is 2. The van der Waals surface area contributed by atoms with Gasteiger partial charge < -0.3 is 14.8 Å². The van der Waals surface area contributed by atoms with Crippen LogP contribution in [0.2, 0.25) is 0 Å². The lowest BCUT2D eigenvalue weighted by Crippen LogP contribution is -2.34. The summed E-state index contributed by atoms with van der Waals surface area (Å²) in [5.41, 5.74) is 2.22. The van der Waals surface area contributed by atoms with Gasteiger partial charge in [0.15, 0.2) is 0 Å². The van der Waals surface area contributed by atoms with E-state index < -0.39 is 5.91 Å². The summed E-state index contributed by atoms with van der Waals surface area (Å²) >= 11 is 0. The minimum atomic E-state index is -0.431. The smallest absolute Gasteiger partial charge is 0.257 e. The first-order valence-corrected chi connectivity index (χ1v) is 10.6. The summed E-state index contributed by atoms with van der Waals surface area (Å²) in [5.74, 6) is -0.231. The Balaban J connectivity index is 1.46. The van der Waals surface area contributed by atoms with E-state index in [1.807, 2.05) is 6.92 Å². The molecule has 2 aliphatic carbocycles. The highest BCUT2D eigenvalue weighted by atomic mass is 16.5. The molecule has 0 spiro atoms. The highest BCUT2D eigenvalue weighted by molar-refractivity contribution is 6.25. The molecule has 1 heterocycles. The van der Waals surface area contributed by atoms with Gasteiger partial charge >= 0.3 is 0 Å². The molecule has 3 amide bonds. The molecule has 1 saturated heterocycles. The number of carbonyl (C=O) groups is 3. The van der Waals surface area contributed by atoms with E-state index in [4.69, 9.17) is 9.47 Å². The van der Waals surface area contributed by atoms with E-state index in [2.05, 4.69) is 11.4 Å². The Morgan fingerprint density at radius 1 is 1.03 bits per heavy atom. The highest BCUT2D eigenvalue weighted by Gasteiger charge is 2.61. The number of fused-ring (bicyclic) bond motifs is 5. The molecular formula is C25H24N2O5. The molecular weight excluding hydrogens is 408 g/mol. The first-order valence-electron chi connectivity index (χ1n) is 10.6. The van der Waals surface area contributed by atoms with Crippen LogP contribution in [0, 0.1) is 23.7 Å². The second kappa shape index (κ2) is 7.51.